The number of nitrogens with one attached hydrogen (secondary N) is 1. The molecule has 0 bridgehead atoms. The van der Waals surface area contributed by atoms with Crippen LogP contribution >= 0.6 is 0 Å². The van der Waals surface area contributed by atoms with Crippen LogP contribution in [0.15, 0.2) is 24.3 Å². The van der Waals surface area contributed by atoms with Gasteiger partial charge in [-0.2, -0.15) is 0 Å². The van der Waals surface area contributed by atoms with Crippen LogP contribution in [0.4, 0.5) is 11.4 Å². The maximum atomic E-state index is 13.2. The molecule has 3 aliphatic heterocycles. The zero-order chi connectivity index (χ0) is 20.4. The third kappa shape index (κ3) is 4.28. The van der Waals surface area contributed by atoms with Crippen molar-refractivity contribution in [3.05, 3.63) is 24.3 Å². The maximum absolute atomic E-state index is 13.2. The van der Waals surface area contributed by atoms with E-state index in [1.54, 1.807) is 4.90 Å². The third-order valence-corrected chi connectivity index (χ3v) is 5.88. The molecule has 3 heterocycles. The molecule has 0 spiro atoms. The van der Waals surface area contributed by atoms with Crippen LogP contribution < -0.4 is 10.2 Å². The minimum Gasteiger partial charge on any atom is -0.368 e. The van der Waals surface area contributed by atoms with Crippen LogP contribution in [0.2, 0.25) is 0 Å². The van der Waals surface area contributed by atoms with E-state index in [0.29, 0.717) is 38.5 Å². The van der Waals surface area contributed by atoms with Crippen molar-refractivity contribution in [2.45, 2.75) is 38.3 Å². The number of rotatable bonds is 3. The summed E-state index contributed by atoms with van der Waals surface area (Å²) in [4.78, 5) is 43.4. The van der Waals surface area contributed by atoms with Crippen LogP contribution in [0.25, 0.3) is 0 Å². The summed E-state index contributed by atoms with van der Waals surface area (Å²) in [6.07, 6.45) is 1.72. The first kappa shape index (κ1) is 19.8. The Morgan fingerprint density at radius 1 is 1.17 bits per heavy atom. The van der Waals surface area contributed by atoms with Gasteiger partial charge in [0.25, 0.3) is 5.91 Å². The first-order valence-electron chi connectivity index (χ1n) is 10.4. The Hall–Kier alpha value is -2.45. The quantitative estimate of drug-likeness (QED) is 0.821. The predicted octanol–water partition coefficient (Wildman–Crippen LogP) is 1.07. The largest absolute Gasteiger partial charge is 0.368 e. The number of amides is 3. The van der Waals surface area contributed by atoms with Crippen LogP contribution in [-0.4, -0.2) is 79.0 Å². The van der Waals surface area contributed by atoms with Crippen molar-refractivity contribution in [1.29, 1.82) is 0 Å². The van der Waals surface area contributed by atoms with Gasteiger partial charge in [-0.15, -0.1) is 0 Å². The predicted molar refractivity (Wildman–Crippen MR) is 109 cm³/mol. The van der Waals surface area contributed by atoms with E-state index in [9.17, 15) is 14.4 Å². The van der Waals surface area contributed by atoms with Crippen molar-refractivity contribution in [1.82, 2.24) is 9.80 Å². The Morgan fingerprint density at radius 3 is 2.66 bits per heavy atom. The number of piperazine rings is 1. The van der Waals surface area contributed by atoms with E-state index in [0.717, 1.165) is 18.5 Å². The van der Waals surface area contributed by atoms with Crippen LogP contribution in [0, 0.1) is 0 Å². The molecule has 0 aromatic heterocycles. The van der Waals surface area contributed by atoms with E-state index >= 15 is 0 Å². The Morgan fingerprint density at radius 2 is 1.93 bits per heavy atom. The summed E-state index contributed by atoms with van der Waals surface area (Å²) < 4.78 is 5.51. The first-order chi connectivity index (χ1) is 14.0. The van der Waals surface area contributed by atoms with Crippen LogP contribution in [0.5, 0.6) is 0 Å². The van der Waals surface area contributed by atoms with Crippen molar-refractivity contribution in [3.8, 4) is 0 Å². The van der Waals surface area contributed by atoms with E-state index in [2.05, 4.69) is 10.2 Å². The lowest BCUT2D eigenvalue weighted by molar-refractivity contribution is -0.142. The van der Waals surface area contributed by atoms with Gasteiger partial charge in [-0.1, -0.05) is 12.1 Å². The molecule has 1 aromatic rings. The highest BCUT2D eigenvalue weighted by Crippen LogP contribution is 2.31. The van der Waals surface area contributed by atoms with Crippen LogP contribution in [0.3, 0.4) is 0 Å². The molecule has 8 heteroatoms. The van der Waals surface area contributed by atoms with Crippen molar-refractivity contribution in [2.24, 2.45) is 0 Å². The number of benzene rings is 1. The molecule has 2 saturated heterocycles. The number of ether oxygens (including phenoxy) is 1. The lowest BCUT2D eigenvalue weighted by Crippen LogP contribution is -2.54. The Bertz CT molecular complexity index is 785. The summed E-state index contributed by atoms with van der Waals surface area (Å²) in [5.41, 5.74) is 1.41. The number of hydrogen-bond acceptors (Lipinski definition) is 5. The normalized spacial score (nSPS) is 25.3. The van der Waals surface area contributed by atoms with Crippen molar-refractivity contribution in [2.75, 3.05) is 49.5 Å². The summed E-state index contributed by atoms with van der Waals surface area (Å²) in [6.45, 7) is 5.37. The number of para-hydroxylation sites is 2. The summed E-state index contributed by atoms with van der Waals surface area (Å²) in [5, 5.41) is 2.88. The minimum absolute atomic E-state index is 0.0275. The van der Waals surface area contributed by atoms with E-state index < -0.39 is 0 Å². The second-order valence-corrected chi connectivity index (χ2v) is 7.99. The molecule has 156 valence electrons. The molecule has 8 nitrogen and oxygen atoms in total. The molecule has 2 unspecified atom stereocenters. The second-order valence-electron chi connectivity index (χ2n) is 7.99. The summed E-state index contributed by atoms with van der Waals surface area (Å²) in [6, 6.07) is 7.20. The monoisotopic (exact) mass is 400 g/mol. The van der Waals surface area contributed by atoms with Gasteiger partial charge in [-0.05, 0) is 31.9 Å². The Labute approximate surface area is 170 Å². The molecular formula is C21H28N4O4. The standard InChI is InChI=1S/C21H28N4O4/c1-15-13-19(26)22-16-5-2-3-6-17(16)25(15)20(27)14-23-8-10-24(11-9-23)21(28)18-7-4-12-29-18/h2-3,5-6,15,18H,4,7-14H2,1H3,(H,22,26). The van der Waals surface area contributed by atoms with Gasteiger partial charge in [0.05, 0.1) is 17.9 Å². The van der Waals surface area contributed by atoms with Gasteiger partial charge >= 0.3 is 0 Å². The highest BCUT2D eigenvalue weighted by atomic mass is 16.5. The van der Waals surface area contributed by atoms with Crippen molar-refractivity contribution < 1.29 is 19.1 Å². The van der Waals surface area contributed by atoms with E-state index in [1.807, 2.05) is 36.1 Å². The minimum atomic E-state index is -0.289. The SMILES string of the molecule is CC1CC(=O)Nc2ccccc2N1C(=O)CN1CCN(C(=O)C2CCCO2)CC1. The lowest BCUT2D eigenvalue weighted by atomic mass is 10.1. The number of carbonyl (C=O) groups is 3. The van der Waals surface area contributed by atoms with Crippen LogP contribution in [0.1, 0.15) is 26.2 Å². The van der Waals surface area contributed by atoms with E-state index in [4.69, 9.17) is 4.74 Å². The van der Waals surface area contributed by atoms with Gasteiger partial charge in [-0.3, -0.25) is 19.3 Å². The van der Waals surface area contributed by atoms with Gasteiger partial charge in [0.15, 0.2) is 0 Å². The number of carbonyl (C=O) groups excluding carboxylic acids is 3. The molecular weight excluding hydrogens is 372 g/mol. The molecule has 4 rings (SSSR count). The summed E-state index contributed by atoms with van der Waals surface area (Å²) >= 11 is 0. The Kier molecular flexibility index (Phi) is 5.82. The fourth-order valence-corrected chi connectivity index (χ4v) is 4.34. The van der Waals surface area contributed by atoms with E-state index in [-0.39, 0.29) is 42.8 Å². The summed E-state index contributed by atoms with van der Waals surface area (Å²) in [7, 11) is 0. The molecule has 1 aromatic carbocycles. The Balaban J connectivity index is 1.38. The van der Waals surface area contributed by atoms with Crippen molar-refractivity contribution in [3.63, 3.8) is 0 Å². The lowest BCUT2D eigenvalue weighted by Gasteiger charge is -2.37. The molecule has 3 aliphatic rings. The molecule has 0 aliphatic carbocycles. The zero-order valence-corrected chi connectivity index (χ0v) is 16.8. The second kappa shape index (κ2) is 8.51. The summed E-state index contributed by atoms with van der Waals surface area (Å²) in [5.74, 6) is -0.0324. The first-order valence-corrected chi connectivity index (χ1v) is 10.4. The van der Waals surface area contributed by atoms with Gasteiger partial charge in [0, 0.05) is 45.2 Å². The molecule has 3 amide bonds. The van der Waals surface area contributed by atoms with Crippen molar-refractivity contribution >= 4 is 29.1 Å². The van der Waals surface area contributed by atoms with Gasteiger partial charge in [-0.25, -0.2) is 0 Å². The fraction of sp³-hybridized carbons (Fsp3) is 0.571. The van der Waals surface area contributed by atoms with E-state index in [1.165, 1.54) is 0 Å². The van der Waals surface area contributed by atoms with Gasteiger partial charge in [0.1, 0.15) is 6.10 Å². The number of nitrogens with zero attached hydrogens (tertiary/aromatic N) is 3. The average molecular weight is 400 g/mol. The highest BCUT2D eigenvalue weighted by molar-refractivity contribution is 6.04. The molecule has 0 radical (unpaired) electrons. The smallest absolute Gasteiger partial charge is 0.251 e. The molecule has 1 N–H and O–H groups in total. The van der Waals surface area contributed by atoms with Gasteiger partial charge in [0.2, 0.25) is 11.8 Å². The third-order valence-electron chi connectivity index (χ3n) is 5.88. The molecule has 0 saturated carbocycles. The highest BCUT2D eigenvalue weighted by Gasteiger charge is 2.33. The number of fused-ring (bicyclic) bond motifs is 1. The van der Waals surface area contributed by atoms with Crippen LogP contribution in [-0.2, 0) is 19.1 Å². The maximum Gasteiger partial charge on any atom is 0.251 e. The molecule has 29 heavy (non-hydrogen) atoms. The fourth-order valence-electron chi connectivity index (χ4n) is 4.34. The zero-order valence-electron chi connectivity index (χ0n) is 16.8. The van der Waals surface area contributed by atoms with Gasteiger partial charge < -0.3 is 19.9 Å². The average Bonchev–Trinajstić information content (AvgIpc) is 3.20. The molecule has 2 fully saturated rings. The number of anilines is 2. The molecule has 2 atom stereocenters. The number of hydrogen-bond donors (Lipinski definition) is 1. The topological polar surface area (TPSA) is 82.2 Å².